The van der Waals surface area contributed by atoms with Crippen molar-refractivity contribution >= 4 is 17.9 Å². The molecule has 0 aliphatic carbocycles. The van der Waals surface area contributed by atoms with E-state index in [9.17, 15) is 4.79 Å². The van der Waals surface area contributed by atoms with Crippen molar-refractivity contribution in [2.45, 2.75) is 20.0 Å². The van der Waals surface area contributed by atoms with E-state index in [4.69, 9.17) is 14.6 Å². The minimum absolute atomic E-state index is 0.00769. The van der Waals surface area contributed by atoms with Crippen molar-refractivity contribution < 1.29 is 19.4 Å². The normalized spacial score (nSPS) is 11.0. The fourth-order valence-electron chi connectivity index (χ4n) is 1.99. The number of ether oxygens (including phenoxy) is 2. The molecule has 0 saturated carbocycles. The van der Waals surface area contributed by atoms with Crippen LogP contribution < -0.4 is 9.47 Å². The molecule has 5 nitrogen and oxygen atoms in total. The Morgan fingerprint density at radius 2 is 1.87 bits per heavy atom. The molecular weight excluding hydrogens is 294 g/mol. The predicted octanol–water partition coefficient (Wildman–Crippen LogP) is 3.93. The number of aliphatic imine (C=N–C) groups is 1. The van der Waals surface area contributed by atoms with Gasteiger partial charge in [-0.15, -0.1) is 0 Å². The zero-order valence-electron chi connectivity index (χ0n) is 13.3. The van der Waals surface area contributed by atoms with Gasteiger partial charge in [0.2, 0.25) is 0 Å². The van der Waals surface area contributed by atoms with Crippen molar-refractivity contribution in [1.82, 2.24) is 0 Å². The molecule has 0 radical (unpaired) electrons. The highest BCUT2D eigenvalue weighted by Gasteiger charge is 2.10. The summed E-state index contributed by atoms with van der Waals surface area (Å²) in [5, 5.41) is 8.89. The molecule has 0 bridgehead atoms. The zero-order chi connectivity index (χ0) is 16.8. The average molecular weight is 313 g/mol. The highest BCUT2D eigenvalue weighted by Crippen LogP contribution is 2.31. The second-order valence-corrected chi connectivity index (χ2v) is 5.16. The smallest absolute Gasteiger partial charge is 0.335 e. The molecule has 0 atom stereocenters. The molecule has 0 aliphatic rings. The molecule has 0 aliphatic heterocycles. The lowest BCUT2D eigenvalue weighted by Gasteiger charge is -2.15. The summed E-state index contributed by atoms with van der Waals surface area (Å²) in [6, 6.07) is 11.9. The SMILES string of the molecule is COc1cccc(C=Nc2ccc(C(=O)O)cc2)c1OC(C)C. The zero-order valence-corrected chi connectivity index (χ0v) is 13.3. The molecular formula is C18H19NO4. The van der Waals surface area contributed by atoms with Gasteiger partial charge in [-0.2, -0.15) is 0 Å². The molecule has 0 unspecified atom stereocenters. The maximum absolute atomic E-state index is 10.8. The van der Waals surface area contributed by atoms with Crippen LogP contribution >= 0.6 is 0 Å². The maximum atomic E-state index is 10.8. The third-order valence-electron chi connectivity index (χ3n) is 3.05. The third-order valence-corrected chi connectivity index (χ3v) is 3.05. The Labute approximate surface area is 135 Å². The predicted molar refractivity (Wildman–Crippen MR) is 89.4 cm³/mol. The van der Waals surface area contributed by atoms with Gasteiger partial charge < -0.3 is 14.6 Å². The van der Waals surface area contributed by atoms with Gasteiger partial charge in [-0.3, -0.25) is 4.99 Å². The van der Waals surface area contributed by atoms with Crippen molar-refractivity contribution in [2.24, 2.45) is 4.99 Å². The van der Waals surface area contributed by atoms with E-state index < -0.39 is 5.97 Å². The average Bonchev–Trinajstić information content (AvgIpc) is 2.53. The summed E-state index contributed by atoms with van der Waals surface area (Å²) in [4.78, 5) is 15.2. The van der Waals surface area contributed by atoms with Crippen molar-refractivity contribution in [2.75, 3.05) is 7.11 Å². The lowest BCUT2D eigenvalue weighted by atomic mass is 10.2. The molecule has 0 aromatic heterocycles. The molecule has 0 saturated heterocycles. The highest BCUT2D eigenvalue weighted by molar-refractivity contribution is 5.89. The number of methoxy groups -OCH3 is 1. The summed E-state index contributed by atoms with van der Waals surface area (Å²) in [5.41, 5.74) is 1.68. The van der Waals surface area contributed by atoms with Crippen molar-refractivity contribution in [3.05, 3.63) is 53.6 Å². The van der Waals surface area contributed by atoms with Gasteiger partial charge in [0.1, 0.15) is 0 Å². The maximum Gasteiger partial charge on any atom is 0.335 e. The van der Waals surface area contributed by atoms with E-state index in [0.29, 0.717) is 17.2 Å². The number of carbonyl (C=O) groups is 1. The number of para-hydroxylation sites is 1. The van der Waals surface area contributed by atoms with Gasteiger partial charge in [-0.25, -0.2) is 4.79 Å². The number of carboxylic acids is 1. The van der Waals surface area contributed by atoms with E-state index in [1.807, 2.05) is 32.0 Å². The summed E-state index contributed by atoms with van der Waals surface area (Å²) in [5.74, 6) is 0.320. The molecule has 0 spiro atoms. The van der Waals surface area contributed by atoms with Crippen LogP contribution in [-0.2, 0) is 0 Å². The van der Waals surface area contributed by atoms with E-state index in [0.717, 1.165) is 5.56 Å². The Morgan fingerprint density at radius 3 is 2.43 bits per heavy atom. The molecule has 23 heavy (non-hydrogen) atoms. The molecule has 2 rings (SSSR count). The van der Waals surface area contributed by atoms with E-state index in [-0.39, 0.29) is 11.7 Å². The number of rotatable bonds is 6. The molecule has 2 aromatic carbocycles. The van der Waals surface area contributed by atoms with E-state index >= 15 is 0 Å². The van der Waals surface area contributed by atoms with Crippen LogP contribution in [0.1, 0.15) is 29.8 Å². The quantitative estimate of drug-likeness (QED) is 0.820. The van der Waals surface area contributed by atoms with Crippen LogP contribution in [0.3, 0.4) is 0 Å². The first-order valence-electron chi connectivity index (χ1n) is 7.22. The molecule has 120 valence electrons. The number of benzene rings is 2. The number of hydrogen-bond acceptors (Lipinski definition) is 4. The van der Waals surface area contributed by atoms with Crippen molar-refractivity contribution in [3.8, 4) is 11.5 Å². The Morgan fingerprint density at radius 1 is 1.17 bits per heavy atom. The Kier molecular flexibility index (Phi) is 5.36. The summed E-state index contributed by atoms with van der Waals surface area (Å²) in [6.07, 6.45) is 1.68. The molecule has 2 aromatic rings. The largest absolute Gasteiger partial charge is 0.493 e. The van der Waals surface area contributed by atoms with Crippen molar-refractivity contribution in [1.29, 1.82) is 0 Å². The fourth-order valence-corrected chi connectivity index (χ4v) is 1.99. The minimum Gasteiger partial charge on any atom is -0.493 e. The highest BCUT2D eigenvalue weighted by atomic mass is 16.5. The van der Waals surface area contributed by atoms with Crippen LogP contribution in [0.4, 0.5) is 5.69 Å². The molecule has 0 amide bonds. The van der Waals surface area contributed by atoms with E-state index in [2.05, 4.69) is 4.99 Å². The second kappa shape index (κ2) is 7.45. The number of nitrogens with zero attached hydrogens (tertiary/aromatic N) is 1. The Hall–Kier alpha value is -2.82. The number of hydrogen-bond donors (Lipinski definition) is 1. The van der Waals surface area contributed by atoms with Gasteiger partial charge in [0, 0.05) is 11.8 Å². The van der Waals surface area contributed by atoms with Crippen LogP contribution in [0.15, 0.2) is 47.5 Å². The topological polar surface area (TPSA) is 68.1 Å². The molecule has 5 heteroatoms. The van der Waals surface area contributed by atoms with Gasteiger partial charge in [-0.1, -0.05) is 6.07 Å². The van der Waals surface area contributed by atoms with Gasteiger partial charge >= 0.3 is 5.97 Å². The first kappa shape index (κ1) is 16.5. The van der Waals surface area contributed by atoms with Gasteiger partial charge in [0.25, 0.3) is 0 Å². The molecule has 0 heterocycles. The van der Waals surface area contributed by atoms with E-state index in [1.54, 1.807) is 25.5 Å². The third kappa shape index (κ3) is 4.32. The van der Waals surface area contributed by atoms with Crippen molar-refractivity contribution in [3.63, 3.8) is 0 Å². The minimum atomic E-state index is -0.957. The molecule has 1 N–H and O–H groups in total. The van der Waals surface area contributed by atoms with Gasteiger partial charge in [0.15, 0.2) is 11.5 Å². The van der Waals surface area contributed by atoms with Crippen LogP contribution in [-0.4, -0.2) is 30.5 Å². The standard InChI is InChI=1S/C18H19NO4/c1-12(2)23-17-14(5-4-6-16(17)22-3)11-19-15-9-7-13(8-10-15)18(20)21/h4-12H,1-3H3,(H,20,21). The van der Waals surface area contributed by atoms with Crippen LogP contribution in [0.25, 0.3) is 0 Å². The summed E-state index contributed by atoms with van der Waals surface area (Å²) in [7, 11) is 1.59. The summed E-state index contributed by atoms with van der Waals surface area (Å²) < 4.78 is 11.1. The van der Waals surface area contributed by atoms with Gasteiger partial charge in [-0.05, 0) is 50.2 Å². The number of carboxylic acid groups (broad SMARTS) is 1. The Balaban J connectivity index is 2.29. The molecule has 0 fully saturated rings. The lowest BCUT2D eigenvalue weighted by Crippen LogP contribution is -2.08. The second-order valence-electron chi connectivity index (χ2n) is 5.16. The first-order valence-corrected chi connectivity index (χ1v) is 7.22. The number of aromatic carboxylic acids is 1. The summed E-state index contributed by atoms with van der Waals surface area (Å²) >= 11 is 0. The van der Waals surface area contributed by atoms with Crippen LogP contribution in [0.2, 0.25) is 0 Å². The Bertz CT molecular complexity index is 705. The lowest BCUT2D eigenvalue weighted by molar-refractivity contribution is 0.0697. The van der Waals surface area contributed by atoms with Crippen LogP contribution in [0, 0.1) is 0 Å². The van der Waals surface area contributed by atoms with E-state index in [1.165, 1.54) is 12.1 Å². The first-order chi connectivity index (χ1) is 11.0. The summed E-state index contributed by atoms with van der Waals surface area (Å²) in [6.45, 7) is 3.88. The monoisotopic (exact) mass is 313 g/mol. The van der Waals surface area contributed by atoms with Crippen LogP contribution in [0.5, 0.6) is 11.5 Å². The fraction of sp³-hybridized carbons (Fsp3) is 0.222. The van der Waals surface area contributed by atoms with Gasteiger partial charge in [0.05, 0.1) is 24.5 Å².